The minimum absolute atomic E-state index is 0. The topological polar surface area (TPSA) is 27.0 Å². The van der Waals surface area contributed by atoms with Crippen molar-refractivity contribution in [2.24, 2.45) is 0 Å². The Labute approximate surface area is 48.7 Å². The van der Waals surface area contributed by atoms with Crippen LogP contribution in [0.15, 0.2) is 18.7 Å². The van der Waals surface area contributed by atoms with E-state index < -0.39 is 0 Å². The van der Waals surface area contributed by atoms with Crippen molar-refractivity contribution in [3.05, 3.63) is 18.7 Å². The van der Waals surface area contributed by atoms with Crippen LogP contribution in [-0.4, -0.2) is 4.98 Å². The van der Waals surface area contributed by atoms with Crippen molar-refractivity contribution in [2.45, 2.75) is 0 Å². The third-order valence-electron chi connectivity index (χ3n) is 0.372. The Morgan fingerprint density at radius 1 is 1.50 bits per heavy atom. The summed E-state index contributed by atoms with van der Waals surface area (Å²) in [7, 11) is 0. The van der Waals surface area contributed by atoms with Gasteiger partial charge >= 0.3 is 19.5 Å². The molecule has 3 heteroatoms. The Hall–Kier alpha value is -0.167. The maximum Gasteiger partial charge on any atom is 1.00 e. The Morgan fingerprint density at radius 2 is 2.33 bits per heavy atom. The fourth-order valence-electron chi connectivity index (χ4n) is 0.192. The molecule has 0 saturated heterocycles. The van der Waals surface area contributed by atoms with Gasteiger partial charge in [-0.2, -0.15) is 0 Å². The average molecular weight is 168 g/mol. The van der Waals surface area contributed by atoms with Crippen molar-refractivity contribution in [1.29, 1.82) is 0 Å². The predicted octanol–water partition coefficient (Wildman–Crippen LogP) is 0.0363. The van der Waals surface area contributed by atoms with E-state index in [1.54, 1.807) is 12.4 Å². The fourth-order valence-corrected chi connectivity index (χ4v) is 0.192. The first kappa shape index (κ1) is 5.83. The van der Waals surface area contributed by atoms with Crippen molar-refractivity contribution >= 4 is 0 Å². The third kappa shape index (κ3) is 1.32. The van der Waals surface area contributed by atoms with E-state index in [1.165, 1.54) is 6.33 Å². The molecule has 0 aliphatic rings. The summed E-state index contributed by atoms with van der Waals surface area (Å²) in [6.07, 6.45) is 4.78. The van der Waals surface area contributed by atoms with Crippen molar-refractivity contribution < 1.29 is 19.5 Å². The second kappa shape index (κ2) is 3.04. The molecule has 0 saturated carbocycles. The van der Waals surface area contributed by atoms with E-state index >= 15 is 0 Å². The molecular formula is C3H3N2Ru. The smallest absolute Gasteiger partial charge is 0.450 e. The van der Waals surface area contributed by atoms with Crippen LogP contribution in [0.25, 0.3) is 0 Å². The van der Waals surface area contributed by atoms with Crippen LogP contribution in [0.5, 0.6) is 0 Å². The summed E-state index contributed by atoms with van der Waals surface area (Å²) < 4.78 is 0. The van der Waals surface area contributed by atoms with Gasteiger partial charge in [0.15, 0.2) is 0 Å². The standard InChI is InChI=1S/C3H3N2.Ru/c1-2-5-3-4-1;/h1-3H;/q-1;+1. The van der Waals surface area contributed by atoms with Gasteiger partial charge in [-0.3, -0.25) is 0 Å². The van der Waals surface area contributed by atoms with Crippen LogP contribution >= 0.6 is 0 Å². The minimum Gasteiger partial charge on any atom is -0.450 e. The van der Waals surface area contributed by atoms with Crippen LogP contribution in [0.1, 0.15) is 0 Å². The second-order valence-electron chi connectivity index (χ2n) is 0.712. The zero-order valence-electron chi connectivity index (χ0n) is 2.98. The number of imidazole rings is 1. The SMILES string of the molecule is [Ru+].c1c[n-]cn1. The summed E-state index contributed by atoms with van der Waals surface area (Å²) in [6, 6.07) is 0. The second-order valence-corrected chi connectivity index (χ2v) is 0.712. The summed E-state index contributed by atoms with van der Waals surface area (Å²) in [5, 5.41) is 0. The Balaban J connectivity index is 0.000000250. The van der Waals surface area contributed by atoms with E-state index in [2.05, 4.69) is 9.97 Å². The molecule has 1 rings (SSSR count). The number of aromatic nitrogens is 2. The molecule has 0 atom stereocenters. The fraction of sp³-hybridized carbons (Fsp3) is 0. The van der Waals surface area contributed by atoms with Gasteiger partial charge in [-0.1, -0.05) is 18.7 Å². The number of hydrogen-bond acceptors (Lipinski definition) is 1. The van der Waals surface area contributed by atoms with E-state index in [-0.39, 0.29) is 19.5 Å². The Kier molecular flexibility index (Phi) is 2.96. The quantitative estimate of drug-likeness (QED) is 0.511. The third-order valence-corrected chi connectivity index (χ3v) is 0.372. The largest absolute Gasteiger partial charge is 1.00 e. The first-order valence-electron chi connectivity index (χ1n) is 1.37. The van der Waals surface area contributed by atoms with Gasteiger partial charge < -0.3 is 9.97 Å². The van der Waals surface area contributed by atoms with Crippen LogP contribution in [0.3, 0.4) is 0 Å². The van der Waals surface area contributed by atoms with Gasteiger partial charge in [0.2, 0.25) is 0 Å². The van der Waals surface area contributed by atoms with Gasteiger partial charge in [0, 0.05) is 0 Å². The summed E-state index contributed by atoms with van der Waals surface area (Å²) in [6.45, 7) is 0. The molecule has 33 valence electrons. The molecule has 1 radical (unpaired) electrons. The molecular weight excluding hydrogens is 165 g/mol. The minimum atomic E-state index is 0. The normalized spacial score (nSPS) is 6.67. The number of rotatable bonds is 0. The Morgan fingerprint density at radius 3 is 2.50 bits per heavy atom. The van der Waals surface area contributed by atoms with Gasteiger partial charge in [0.05, 0.1) is 0 Å². The van der Waals surface area contributed by atoms with E-state index in [0.29, 0.717) is 0 Å². The van der Waals surface area contributed by atoms with Crippen LogP contribution in [0.2, 0.25) is 0 Å². The molecule has 0 aromatic carbocycles. The van der Waals surface area contributed by atoms with E-state index in [0.717, 1.165) is 0 Å². The zero-order valence-corrected chi connectivity index (χ0v) is 4.72. The Bertz CT molecular complexity index is 65.3. The zero-order chi connectivity index (χ0) is 3.54. The van der Waals surface area contributed by atoms with Crippen LogP contribution in [-0.2, 0) is 19.5 Å². The summed E-state index contributed by atoms with van der Waals surface area (Å²) in [5.74, 6) is 0. The first-order chi connectivity index (χ1) is 2.50. The summed E-state index contributed by atoms with van der Waals surface area (Å²) in [4.78, 5) is 7.22. The van der Waals surface area contributed by atoms with Crippen LogP contribution in [0.4, 0.5) is 0 Å². The van der Waals surface area contributed by atoms with E-state index in [1.807, 2.05) is 0 Å². The van der Waals surface area contributed by atoms with Gasteiger partial charge in [0.25, 0.3) is 0 Å². The monoisotopic (exact) mass is 169 g/mol. The summed E-state index contributed by atoms with van der Waals surface area (Å²) >= 11 is 0. The van der Waals surface area contributed by atoms with Crippen molar-refractivity contribution in [1.82, 2.24) is 9.97 Å². The predicted molar refractivity (Wildman–Crippen MR) is 17.6 cm³/mol. The maximum absolute atomic E-state index is 3.61. The molecule has 0 N–H and O–H groups in total. The van der Waals surface area contributed by atoms with E-state index in [4.69, 9.17) is 0 Å². The van der Waals surface area contributed by atoms with Crippen LogP contribution in [0, 0.1) is 0 Å². The molecule has 6 heavy (non-hydrogen) atoms. The van der Waals surface area contributed by atoms with E-state index in [9.17, 15) is 0 Å². The molecule has 2 nitrogen and oxygen atoms in total. The molecule has 0 bridgehead atoms. The van der Waals surface area contributed by atoms with Gasteiger partial charge in [-0.05, 0) is 0 Å². The van der Waals surface area contributed by atoms with Crippen molar-refractivity contribution in [2.75, 3.05) is 0 Å². The molecule has 0 aliphatic heterocycles. The molecule has 0 amide bonds. The molecule has 0 unspecified atom stereocenters. The number of nitrogens with zero attached hydrogens (tertiary/aromatic N) is 2. The number of hydrogen-bond donors (Lipinski definition) is 0. The van der Waals surface area contributed by atoms with Gasteiger partial charge in [0.1, 0.15) is 0 Å². The average Bonchev–Trinajstić information content (AvgIpc) is 1.76. The van der Waals surface area contributed by atoms with Gasteiger partial charge in [-0.25, -0.2) is 0 Å². The van der Waals surface area contributed by atoms with Crippen LogP contribution < -0.4 is 4.98 Å². The molecule has 0 aliphatic carbocycles. The molecule has 1 aromatic heterocycles. The van der Waals surface area contributed by atoms with Crippen molar-refractivity contribution in [3.63, 3.8) is 0 Å². The summed E-state index contributed by atoms with van der Waals surface area (Å²) in [5.41, 5.74) is 0. The maximum atomic E-state index is 3.61. The van der Waals surface area contributed by atoms with Crippen molar-refractivity contribution in [3.8, 4) is 0 Å². The molecule has 1 heterocycles. The molecule has 0 fully saturated rings. The van der Waals surface area contributed by atoms with Gasteiger partial charge in [-0.15, -0.1) is 0 Å². The first-order valence-corrected chi connectivity index (χ1v) is 1.37. The molecule has 0 spiro atoms. The molecule has 1 aromatic rings.